The molecule has 2 N–H and O–H groups in total. The molecule has 0 aliphatic carbocycles. The molecule has 0 saturated carbocycles. The number of hydrogen-bond donors (Lipinski definition) is 2. The van der Waals surface area contributed by atoms with Gasteiger partial charge in [0.2, 0.25) is 5.91 Å². The van der Waals surface area contributed by atoms with Gasteiger partial charge < -0.3 is 10.6 Å². The second-order valence-corrected chi connectivity index (χ2v) is 7.15. The number of halogens is 2. The lowest BCUT2D eigenvalue weighted by Gasteiger charge is -2.09. The summed E-state index contributed by atoms with van der Waals surface area (Å²) in [5.74, 6) is -2.80. The highest BCUT2D eigenvalue weighted by Gasteiger charge is 2.12. The quantitative estimate of drug-likeness (QED) is 0.551. The fraction of sp³-hybridized carbons (Fsp3) is 0.174. The maximum absolute atomic E-state index is 13.3. The first-order valence-electron chi connectivity index (χ1n) is 9.67. The van der Waals surface area contributed by atoms with Crippen molar-refractivity contribution in [3.05, 3.63) is 88.4 Å². The summed E-state index contributed by atoms with van der Waals surface area (Å²) < 4.78 is 26.3. The van der Waals surface area contributed by atoms with E-state index < -0.39 is 17.5 Å². The van der Waals surface area contributed by atoms with Crippen LogP contribution in [0, 0.1) is 18.6 Å². The van der Waals surface area contributed by atoms with E-state index in [9.17, 15) is 23.2 Å². The first kappa shape index (κ1) is 22.7. The predicted octanol–water partition coefficient (Wildman–Crippen LogP) is 3.38. The van der Waals surface area contributed by atoms with Crippen molar-refractivity contribution in [2.45, 2.75) is 26.8 Å². The fourth-order valence-corrected chi connectivity index (χ4v) is 3.08. The summed E-state index contributed by atoms with van der Waals surface area (Å²) in [4.78, 5) is 44.0. The number of ketones is 1. The zero-order valence-electron chi connectivity index (χ0n) is 17.4. The average molecular weight is 438 g/mol. The largest absolute Gasteiger partial charge is 0.347 e. The molecule has 2 aromatic carbocycles. The van der Waals surface area contributed by atoms with E-state index in [1.54, 1.807) is 25.1 Å². The maximum Gasteiger partial charge on any atom is 0.270 e. The van der Waals surface area contributed by atoms with Crippen LogP contribution in [-0.2, 0) is 17.8 Å². The van der Waals surface area contributed by atoms with E-state index in [1.807, 2.05) is 0 Å². The molecule has 164 valence electrons. The van der Waals surface area contributed by atoms with Crippen molar-refractivity contribution < 1.29 is 23.2 Å². The monoisotopic (exact) mass is 438 g/mol. The minimum absolute atomic E-state index is 0.000427. The van der Waals surface area contributed by atoms with E-state index in [2.05, 4.69) is 20.6 Å². The van der Waals surface area contributed by atoms with Gasteiger partial charge in [0, 0.05) is 18.2 Å². The number of hydrogen-bond acceptors (Lipinski definition) is 5. The lowest BCUT2D eigenvalue weighted by Crippen LogP contribution is -2.24. The smallest absolute Gasteiger partial charge is 0.270 e. The van der Waals surface area contributed by atoms with Crippen LogP contribution in [0.25, 0.3) is 0 Å². The van der Waals surface area contributed by atoms with Crippen molar-refractivity contribution >= 4 is 23.4 Å². The SMILES string of the molecule is CC(=O)c1ccc(CC(=O)Nc2cc(C(=O)NCc3ccc(F)c(F)c3)ncn2)cc1C. The summed E-state index contributed by atoms with van der Waals surface area (Å²) in [6, 6.07) is 9.79. The topological polar surface area (TPSA) is 101 Å². The number of nitrogens with zero attached hydrogens (tertiary/aromatic N) is 2. The van der Waals surface area contributed by atoms with Crippen LogP contribution in [0.3, 0.4) is 0 Å². The molecule has 3 rings (SSSR count). The number of aryl methyl sites for hydroxylation is 1. The Kier molecular flexibility index (Phi) is 6.99. The highest BCUT2D eigenvalue weighted by atomic mass is 19.2. The molecule has 9 heteroatoms. The van der Waals surface area contributed by atoms with Crippen LogP contribution >= 0.6 is 0 Å². The van der Waals surface area contributed by atoms with Gasteiger partial charge >= 0.3 is 0 Å². The van der Waals surface area contributed by atoms with Crippen molar-refractivity contribution in [2.24, 2.45) is 0 Å². The normalized spacial score (nSPS) is 10.5. The van der Waals surface area contributed by atoms with Crippen LogP contribution < -0.4 is 10.6 Å². The minimum atomic E-state index is -1.00. The van der Waals surface area contributed by atoms with E-state index in [4.69, 9.17) is 0 Å². The molecule has 7 nitrogen and oxygen atoms in total. The molecule has 0 atom stereocenters. The van der Waals surface area contributed by atoms with Gasteiger partial charge in [0.1, 0.15) is 17.8 Å². The summed E-state index contributed by atoms with van der Waals surface area (Å²) in [5, 5.41) is 5.15. The number of aromatic nitrogens is 2. The first-order chi connectivity index (χ1) is 15.2. The summed E-state index contributed by atoms with van der Waals surface area (Å²) in [7, 11) is 0. The highest BCUT2D eigenvalue weighted by Crippen LogP contribution is 2.14. The van der Waals surface area contributed by atoms with Gasteiger partial charge in [0.25, 0.3) is 5.91 Å². The Hall–Kier alpha value is -4.01. The molecule has 0 aliphatic rings. The molecule has 0 aliphatic heterocycles. The molecule has 0 bridgehead atoms. The van der Waals surface area contributed by atoms with Crippen LogP contribution in [0.4, 0.5) is 14.6 Å². The van der Waals surface area contributed by atoms with E-state index in [-0.39, 0.29) is 36.2 Å². The minimum Gasteiger partial charge on any atom is -0.347 e. The van der Waals surface area contributed by atoms with Crippen molar-refractivity contribution in [3.8, 4) is 0 Å². The number of carbonyl (C=O) groups excluding carboxylic acids is 3. The van der Waals surface area contributed by atoms with Gasteiger partial charge in [-0.15, -0.1) is 0 Å². The van der Waals surface area contributed by atoms with Gasteiger partial charge in [-0.25, -0.2) is 18.7 Å². The summed E-state index contributed by atoms with van der Waals surface area (Å²) in [6.45, 7) is 3.25. The van der Waals surface area contributed by atoms with Gasteiger partial charge in [-0.1, -0.05) is 24.3 Å². The Morgan fingerprint density at radius 3 is 2.38 bits per heavy atom. The zero-order chi connectivity index (χ0) is 23.3. The molecule has 1 aromatic heterocycles. The molecule has 3 aromatic rings. The van der Waals surface area contributed by atoms with Gasteiger partial charge in [0.05, 0.1) is 6.42 Å². The number of amides is 2. The van der Waals surface area contributed by atoms with Crippen LogP contribution in [0.2, 0.25) is 0 Å². The number of Topliss-reactive ketones (excluding diaryl/α,β-unsaturated/α-hetero) is 1. The van der Waals surface area contributed by atoms with Gasteiger partial charge in [-0.2, -0.15) is 0 Å². The van der Waals surface area contributed by atoms with Crippen molar-refractivity contribution in [2.75, 3.05) is 5.32 Å². The van der Waals surface area contributed by atoms with Crippen molar-refractivity contribution in [1.29, 1.82) is 0 Å². The van der Waals surface area contributed by atoms with E-state index in [0.29, 0.717) is 11.1 Å². The molecular formula is C23H20F2N4O3. The fourth-order valence-electron chi connectivity index (χ4n) is 3.08. The third-order valence-corrected chi connectivity index (χ3v) is 4.64. The number of carbonyl (C=O) groups is 3. The van der Waals surface area contributed by atoms with E-state index in [1.165, 1.54) is 19.1 Å². The highest BCUT2D eigenvalue weighted by molar-refractivity contribution is 5.97. The summed E-state index contributed by atoms with van der Waals surface area (Å²) >= 11 is 0. The van der Waals surface area contributed by atoms with Gasteiger partial charge in [-0.3, -0.25) is 14.4 Å². The van der Waals surface area contributed by atoms with Crippen molar-refractivity contribution in [3.63, 3.8) is 0 Å². The molecule has 2 amide bonds. The lowest BCUT2D eigenvalue weighted by molar-refractivity contribution is -0.115. The summed E-state index contributed by atoms with van der Waals surface area (Å²) in [5.41, 5.74) is 2.49. The second kappa shape index (κ2) is 9.86. The Balaban J connectivity index is 1.60. The molecular weight excluding hydrogens is 418 g/mol. The number of rotatable bonds is 7. The van der Waals surface area contributed by atoms with Crippen LogP contribution in [-0.4, -0.2) is 27.6 Å². The number of nitrogens with one attached hydrogen (secondary N) is 2. The molecule has 0 saturated heterocycles. The molecule has 32 heavy (non-hydrogen) atoms. The van der Waals surface area contributed by atoms with Crippen LogP contribution in [0.15, 0.2) is 48.8 Å². The van der Waals surface area contributed by atoms with Crippen molar-refractivity contribution in [1.82, 2.24) is 15.3 Å². The molecule has 0 radical (unpaired) electrons. The molecule has 1 heterocycles. The predicted molar refractivity (Wildman–Crippen MR) is 113 cm³/mol. The Morgan fingerprint density at radius 1 is 0.938 bits per heavy atom. The third kappa shape index (κ3) is 5.78. The number of benzene rings is 2. The second-order valence-electron chi connectivity index (χ2n) is 7.15. The third-order valence-electron chi connectivity index (χ3n) is 4.64. The first-order valence-corrected chi connectivity index (χ1v) is 9.67. The Morgan fingerprint density at radius 2 is 1.69 bits per heavy atom. The summed E-state index contributed by atoms with van der Waals surface area (Å²) in [6.07, 6.45) is 1.19. The van der Waals surface area contributed by atoms with Crippen LogP contribution in [0.5, 0.6) is 0 Å². The van der Waals surface area contributed by atoms with E-state index >= 15 is 0 Å². The van der Waals surface area contributed by atoms with Gasteiger partial charge in [-0.05, 0) is 42.7 Å². The maximum atomic E-state index is 13.3. The molecule has 0 fully saturated rings. The van der Waals surface area contributed by atoms with Crippen LogP contribution in [0.1, 0.15) is 44.5 Å². The number of anilines is 1. The Labute approximate surface area is 182 Å². The molecule has 0 unspecified atom stereocenters. The lowest BCUT2D eigenvalue weighted by atomic mass is 10.0. The zero-order valence-corrected chi connectivity index (χ0v) is 17.4. The van der Waals surface area contributed by atoms with Gasteiger partial charge in [0.15, 0.2) is 17.4 Å². The Bertz CT molecular complexity index is 1200. The molecule has 0 spiro atoms. The standard InChI is InChI=1S/C23H20F2N4O3/c1-13-7-15(3-5-17(13)14(2)30)9-22(31)29-21-10-20(27-12-28-21)23(32)26-11-16-4-6-18(24)19(25)8-16/h3-8,10,12H,9,11H2,1-2H3,(H,26,32)(H,27,28,29,31). The average Bonchev–Trinajstić information content (AvgIpc) is 2.74. The van der Waals surface area contributed by atoms with E-state index in [0.717, 1.165) is 29.6 Å².